The summed E-state index contributed by atoms with van der Waals surface area (Å²) in [7, 11) is 0. The lowest BCUT2D eigenvalue weighted by molar-refractivity contribution is 0.0419. The lowest BCUT2D eigenvalue weighted by Gasteiger charge is -2.40. The predicted octanol–water partition coefficient (Wildman–Crippen LogP) is 1.58. The minimum Gasteiger partial charge on any atom is -0.392 e. The number of rotatable bonds is 4. The van der Waals surface area contributed by atoms with E-state index in [0.717, 1.165) is 19.6 Å². The summed E-state index contributed by atoms with van der Waals surface area (Å²) >= 11 is 0. The zero-order valence-corrected chi connectivity index (χ0v) is 12.6. The molecular weight excluding hydrogens is 269 g/mol. The maximum Gasteiger partial charge on any atom is 0.129 e. The third-order valence-electron chi connectivity index (χ3n) is 3.92. The number of aliphatic hydroxyl groups is 1. The first kappa shape index (κ1) is 15.9. The Morgan fingerprint density at radius 3 is 2.81 bits per heavy atom. The Balaban J connectivity index is 1.95. The van der Waals surface area contributed by atoms with Gasteiger partial charge < -0.3 is 5.11 Å². The number of halogens is 1. The van der Waals surface area contributed by atoms with Crippen molar-refractivity contribution in [1.29, 1.82) is 5.26 Å². The molecule has 0 aromatic heterocycles. The van der Waals surface area contributed by atoms with Crippen LogP contribution in [-0.4, -0.2) is 53.2 Å². The van der Waals surface area contributed by atoms with Gasteiger partial charge in [0.25, 0.3) is 0 Å². The average Bonchev–Trinajstić information content (AvgIpc) is 2.43. The molecule has 1 aliphatic heterocycles. The van der Waals surface area contributed by atoms with E-state index in [1.807, 2.05) is 6.07 Å². The van der Waals surface area contributed by atoms with Gasteiger partial charge in [0.2, 0.25) is 0 Å². The summed E-state index contributed by atoms with van der Waals surface area (Å²) in [5, 5.41) is 18.2. The SMILES string of the molecule is C[C@H](O)CN1CCN(Cc2ccc(C#N)cc2F)C[C@H]1C. The monoisotopic (exact) mass is 291 g/mol. The van der Waals surface area contributed by atoms with Crippen LogP contribution in [0, 0.1) is 17.1 Å². The molecule has 0 spiro atoms. The summed E-state index contributed by atoms with van der Waals surface area (Å²) < 4.78 is 13.9. The van der Waals surface area contributed by atoms with E-state index in [9.17, 15) is 9.50 Å². The third-order valence-corrected chi connectivity index (χ3v) is 3.92. The van der Waals surface area contributed by atoms with Gasteiger partial charge in [-0.3, -0.25) is 9.80 Å². The van der Waals surface area contributed by atoms with E-state index in [-0.39, 0.29) is 11.9 Å². The molecule has 1 aromatic carbocycles. The Morgan fingerprint density at radius 1 is 1.48 bits per heavy atom. The van der Waals surface area contributed by atoms with Crippen LogP contribution in [0.15, 0.2) is 18.2 Å². The van der Waals surface area contributed by atoms with Crippen LogP contribution < -0.4 is 0 Å². The number of piperazine rings is 1. The van der Waals surface area contributed by atoms with Crippen LogP contribution in [0.5, 0.6) is 0 Å². The zero-order chi connectivity index (χ0) is 15.4. The molecule has 1 aromatic rings. The van der Waals surface area contributed by atoms with Crippen molar-refractivity contribution in [2.75, 3.05) is 26.2 Å². The molecule has 4 nitrogen and oxygen atoms in total. The highest BCUT2D eigenvalue weighted by Gasteiger charge is 2.24. The summed E-state index contributed by atoms with van der Waals surface area (Å²) in [5.41, 5.74) is 0.983. The van der Waals surface area contributed by atoms with E-state index >= 15 is 0 Å². The van der Waals surface area contributed by atoms with E-state index in [0.29, 0.717) is 30.3 Å². The molecule has 0 bridgehead atoms. The molecule has 0 unspecified atom stereocenters. The predicted molar refractivity (Wildman–Crippen MR) is 79.1 cm³/mol. The molecule has 1 fully saturated rings. The van der Waals surface area contributed by atoms with Crippen molar-refractivity contribution in [2.24, 2.45) is 0 Å². The number of hydrogen-bond donors (Lipinski definition) is 1. The number of nitrogens with zero attached hydrogens (tertiary/aromatic N) is 3. The molecule has 2 atom stereocenters. The second-order valence-corrected chi connectivity index (χ2v) is 5.85. The van der Waals surface area contributed by atoms with Crippen molar-refractivity contribution < 1.29 is 9.50 Å². The molecule has 5 heteroatoms. The minimum absolute atomic E-state index is 0.312. The molecule has 21 heavy (non-hydrogen) atoms. The van der Waals surface area contributed by atoms with Crippen LogP contribution in [0.25, 0.3) is 0 Å². The Bertz CT molecular complexity index is 527. The molecule has 0 aliphatic carbocycles. The highest BCUT2D eigenvalue weighted by atomic mass is 19.1. The molecular formula is C16H22FN3O. The van der Waals surface area contributed by atoms with Gasteiger partial charge in [-0.1, -0.05) is 6.07 Å². The van der Waals surface area contributed by atoms with Crippen molar-refractivity contribution in [3.05, 3.63) is 35.1 Å². The summed E-state index contributed by atoms with van der Waals surface area (Å²) in [5.74, 6) is -0.312. The van der Waals surface area contributed by atoms with Gasteiger partial charge >= 0.3 is 0 Å². The molecule has 2 rings (SSSR count). The Hall–Kier alpha value is -1.48. The van der Waals surface area contributed by atoms with Gasteiger partial charge in [-0.2, -0.15) is 5.26 Å². The van der Waals surface area contributed by atoms with Crippen molar-refractivity contribution in [3.8, 4) is 6.07 Å². The van der Waals surface area contributed by atoms with Crippen molar-refractivity contribution >= 4 is 0 Å². The number of benzene rings is 1. The van der Waals surface area contributed by atoms with Crippen LogP contribution in [0.4, 0.5) is 4.39 Å². The second kappa shape index (κ2) is 6.99. The second-order valence-electron chi connectivity index (χ2n) is 5.85. The number of hydrogen-bond acceptors (Lipinski definition) is 4. The first-order valence-corrected chi connectivity index (χ1v) is 7.32. The lowest BCUT2D eigenvalue weighted by Crippen LogP contribution is -2.53. The lowest BCUT2D eigenvalue weighted by atomic mass is 10.1. The van der Waals surface area contributed by atoms with Gasteiger partial charge in [-0.05, 0) is 26.0 Å². The van der Waals surface area contributed by atoms with E-state index in [2.05, 4.69) is 16.7 Å². The quantitative estimate of drug-likeness (QED) is 0.915. The molecule has 1 saturated heterocycles. The highest BCUT2D eigenvalue weighted by Crippen LogP contribution is 2.16. The number of aliphatic hydroxyl groups excluding tert-OH is 1. The summed E-state index contributed by atoms with van der Waals surface area (Å²) in [4.78, 5) is 4.48. The van der Waals surface area contributed by atoms with Gasteiger partial charge in [-0.15, -0.1) is 0 Å². The molecule has 0 amide bonds. The van der Waals surface area contributed by atoms with Crippen LogP contribution in [0.3, 0.4) is 0 Å². The highest BCUT2D eigenvalue weighted by molar-refractivity contribution is 5.32. The Kier molecular flexibility index (Phi) is 5.29. The smallest absolute Gasteiger partial charge is 0.129 e. The fraction of sp³-hybridized carbons (Fsp3) is 0.562. The van der Waals surface area contributed by atoms with E-state index < -0.39 is 0 Å². The van der Waals surface area contributed by atoms with Crippen LogP contribution in [0.2, 0.25) is 0 Å². The summed E-state index contributed by atoms with van der Waals surface area (Å²) in [6.45, 7) is 7.76. The topological polar surface area (TPSA) is 50.5 Å². The van der Waals surface area contributed by atoms with Crippen LogP contribution in [0.1, 0.15) is 25.0 Å². The van der Waals surface area contributed by atoms with Crippen LogP contribution >= 0.6 is 0 Å². The minimum atomic E-state index is -0.324. The largest absolute Gasteiger partial charge is 0.392 e. The molecule has 1 aliphatic rings. The first-order chi connectivity index (χ1) is 9.99. The first-order valence-electron chi connectivity index (χ1n) is 7.32. The average molecular weight is 291 g/mol. The van der Waals surface area contributed by atoms with Crippen molar-refractivity contribution in [3.63, 3.8) is 0 Å². The fourth-order valence-electron chi connectivity index (χ4n) is 2.81. The van der Waals surface area contributed by atoms with Gasteiger partial charge in [0.05, 0.1) is 17.7 Å². The maximum atomic E-state index is 13.9. The molecule has 114 valence electrons. The molecule has 0 saturated carbocycles. The van der Waals surface area contributed by atoms with E-state index in [4.69, 9.17) is 5.26 Å². The summed E-state index contributed by atoms with van der Waals surface area (Å²) in [6.07, 6.45) is -0.324. The zero-order valence-electron chi connectivity index (χ0n) is 12.6. The molecule has 0 radical (unpaired) electrons. The number of β-amino-alcohol motifs (C(OH)–C–C–N with tert-alkyl or cyclic N) is 1. The van der Waals surface area contributed by atoms with E-state index in [1.54, 1.807) is 19.1 Å². The fourth-order valence-corrected chi connectivity index (χ4v) is 2.81. The standard InChI is InChI=1S/C16H22FN3O/c1-12-9-19(5-6-20(12)10-13(2)21)11-15-4-3-14(8-18)7-16(15)17/h3-4,7,12-13,21H,5-6,9-11H2,1-2H3/t12-,13+/m1/s1. The summed E-state index contributed by atoms with van der Waals surface area (Å²) in [6, 6.07) is 6.94. The van der Waals surface area contributed by atoms with E-state index in [1.165, 1.54) is 6.07 Å². The number of nitriles is 1. The van der Waals surface area contributed by atoms with Gasteiger partial charge in [0, 0.05) is 44.3 Å². The van der Waals surface area contributed by atoms with Crippen molar-refractivity contribution in [2.45, 2.75) is 32.5 Å². The Labute approximate surface area is 125 Å². The van der Waals surface area contributed by atoms with Crippen LogP contribution in [-0.2, 0) is 6.54 Å². The molecule has 1 N–H and O–H groups in total. The van der Waals surface area contributed by atoms with Gasteiger partial charge in [0.1, 0.15) is 5.82 Å². The third kappa shape index (κ3) is 4.24. The molecule has 1 heterocycles. The maximum absolute atomic E-state index is 13.9. The van der Waals surface area contributed by atoms with Gasteiger partial charge in [0.15, 0.2) is 0 Å². The van der Waals surface area contributed by atoms with Crippen molar-refractivity contribution in [1.82, 2.24) is 9.80 Å². The van der Waals surface area contributed by atoms with Gasteiger partial charge in [-0.25, -0.2) is 4.39 Å². The normalized spacial score (nSPS) is 22.0. The Morgan fingerprint density at radius 2 is 2.24 bits per heavy atom.